The molecule has 1 fully saturated rings. The van der Waals surface area contributed by atoms with Gasteiger partial charge in [-0.2, -0.15) is 0 Å². The number of pyridine rings is 1. The van der Waals surface area contributed by atoms with Gasteiger partial charge in [0, 0.05) is 42.5 Å². The summed E-state index contributed by atoms with van der Waals surface area (Å²) in [6, 6.07) is 1.51. The van der Waals surface area contributed by atoms with E-state index in [-0.39, 0.29) is 5.82 Å². The Balaban J connectivity index is 1.67. The van der Waals surface area contributed by atoms with Crippen molar-refractivity contribution in [3.63, 3.8) is 0 Å². The zero-order valence-corrected chi connectivity index (χ0v) is 14.3. The van der Waals surface area contributed by atoms with Gasteiger partial charge >= 0.3 is 0 Å². The third-order valence-electron chi connectivity index (χ3n) is 4.56. The highest BCUT2D eigenvalue weighted by Crippen LogP contribution is 2.29. The van der Waals surface area contributed by atoms with E-state index in [0.717, 1.165) is 34.9 Å². The topological polar surface area (TPSA) is 55.1 Å². The van der Waals surface area contributed by atoms with Gasteiger partial charge < -0.3 is 9.72 Å². The molecule has 5 nitrogen and oxygen atoms in total. The summed E-state index contributed by atoms with van der Waals surface area (Å²) in [5, 5.41) is 3.29. The van der Waals surface area contributed by atoms with Crippen LogP contribution in [-0.4, -0.2) is 25.9 Å². The molecule has 0 amide bonds. The summed E-state index contributed by atoms with van der Waals surface area (Å²) >= 11 is 0. The van der Waals surface area contributed by atoms with Gasteiger partial charge in [0.1, 0.15) is 0 Å². The summed E-state index contributed by atoms with van der Waals surface area (Å²) in [6.07, 6.45) is 11.5. The number of halogens is 1. The van der Waals surface area contributed by atoms with Crippen LogP contribution in [-0.2, 0) is 0 Å². The fourth-order valence-corrected chi connectivity index (χ4v) is 2.99. The quantitative estimate of drug-likeness (QED) is 0.768. The number of allylic oxidation sites excluding steroid dienone is 1. The number of aryl methyl sites for hydroxylation is 1. The molecule has 3 heterocycles. The van der Waals surface area contributed by atoms with Crippen molar-refractivity contribution in [2.45, 2.75) is 26.7 Å². The lowest BCUT2D eigenvalue weighted by atomic mass is 9.99. The summed E-state index contributed by atoms with van der Waals surface area (Å²) in [4.78, 5) is 13.0. The fraction of sp³-hybridized carbons (Fsp3) is 0.316. The lowest BCUT2D eigenvalue weighted by molar-refractivity contribution is 0.629. The Morgan fingerprint density at radius 1 is 1.40 bits per heavy atom. The lowest BCUT2D eigenvalue weighted by Crippen LogP contribution is -2.08. The molecule has 0 aliphatic heterocycles. The van der Waals surface area contributed by atoms with Crippen LogP contribution in [0, 0.1) is 18.7 Å². The Labute approximate surface area is 145 Å². The van der Waals surface area contributed by atoms with E-state index in [1.165, 1.54) is 18.9 Å². The maximum Gasteiger partial charge on any atom is 0.222 e. The largest absolute Gasteiger partial charge is 0.354 e. The molecule has 0 unspecified atom stereocenters. The molecule has 6 heteroatoms. The van der Waals surface area contributed by atoms with Crippen LogP contribution in [0.4, 0.5) is 10.3 Å². The van der Waals surface area contributed by atoms with Gasteiger partial charge in [0.15, 0.2) is 11.5 Å². The Kier molecular flexibility index (Phi) is 3.95. The zero-order chi connectivity index (χ0) is 17.4. The van der Waals surface area contributed by atoms with Crippen molar-refractivity contribution in [1.29, 1.82) is 0 Å². The summed E-state index contributed by atoms with van der Waals surface area (Å²) < 4.78 is 16.0. The maximum absolute atomic E-state index is 14.3. The smallest absolute Gasteiger partial charge is 0.222 e. The molecule has 0 spiro atoms. The molecule has 3 aromatic heterocycles. The second kappa shape index (κ2) is 6.27. The van der Waals surface area contributed by atoms with Crippen LogP contribution < -0.4 is 5.32 Å². The van der Waals surface area contributed by atoms with Gasteiger partial charge in [-0.3, -0.25) is 0 Å². The molecular formula is C19H20FN5. The second-order valence-corrected chi connectivity index (χ2v) is 6.45. The van der Waals surface area contributed by atoms with Crippen molar-refractivity contribution in [3.05, 3.63) is 59.6 Å². The molecule has 0 atom stereocenters. The van der Waals surface area contributed by atoms with E-state index >= 15 is 0 Å². The molecule has 1 aliphatic rings. The van der Waals surface area contributed by atoms with E-state index in [9.17, 15) is 4.39 Å². The van der Waals surface area contributed by atoms with Crippen LogP contribution in [0.1, 0.15) is 36.6 Å². The van der Waals surface area contributed by atoms with E-state index in [4.69, 9.17) is 0 Å². The molecule has 1 N–H and O–H groups in total. The number of rotatable bonds is 5. The summed E-state index contributed by atoms with van der Waals surface area (Å²) in [6.45, 7) is 4.82. The van der Waals surface area contributed by atoms with Gasteiger partial charge in [0.05, 0.1) is 5.69 Å². The van der Waals surface area contributed by atoms with Crippen molar-refractivity contribution < 1.29 is 4.39 Å². The first-order valence-corrected chi connectivity index (χ1v) is 8.52. The van der Waals surface area contributed by atoms with Crippen LogP contribution >= 0.6 is 0 Å². The van der Waals surface area contributed by atoms with E-state index in [0.29, 0.717) is 11.6 Å². The Bertz CT molecular complexity index is 956. The standard InChI is InChI=1S/C19H20FN5/c1-3-15(14-8-17(20)18-21-6-7-25(18)11-14)16-10-23-19(24-12(16)2)22-9-13-4-5-13/h3,6-8,10-11,13H,4-5,9H2,1-2H3,(H,22,23,24)/b15-3-. The minimum atomic E-state index is -0.344. The molecule has 0 saturated heterocycles. The van der Waals surface area contributed by atoms with Crippen LogP contribution in [0.3, 0.4) is 0 Å². The zero-order valence-electron chi connectivity index (χ0n) is 14.3. The molecule has 1 aliphatic carbocycles. The predicted octanol–water partition coefficient (Wildman–Crippen LogP) is 3.85. The molecule has 0 aromatic carbocycles. The molecular weight excluding hydrogens is 317 g/mol. The number of anilines is 1. The minimum absolute atomic E-state index is 0.326. The SMILES string of the molecule is C/C=C(/c1cc(F)c2nccn2c1)c1cnc(NCC2CC2)nc1C. The predicted molar refractivity (Wildman–Crippen MR) is 95.9 cm³/mol. The van der Waals surface area contributed by atoms with Gasteiger partial charge in [-0.25, -0.2) is 19.3 Å². The molecule has 0 bridgehead atoms. The monoisotopic (exact) mass is 337 g/mol. The van der Waals surface area contributed by atoms with Crippen LogP contribution in [0.25, 0.3) is 11.2 Å². The van der Waals surface area contributed by atoms with E-state index < -0.39 is 0 Å². The van der Waals surface area contributed by atoms with Gasteiger partial charge in [-0.15, -0.1) is 0 Å². The first-order valence-electron chi connectivity index (χ1n) is 8.52. The summed E-state index contributed by atoms with van der Waals surface area (Å²) in [5.41, 5.74) is 3.77. The lowest BCUT2D eigenvalue weighted by Gasteiger charge is -2.12. The van der Waals surface area contributed by atoms with E-state index in [2.05, 4.69) is 20.3 Å². The third kappa shape index (κ3) is 3.12. The van der Waals surface area contributed by atoms with Gasteiger partial charge in [0.25, 0.3) is 0 Å². The number of fused-ring (bicyclic) bond motifs is 1. The number of hydrogen-bond acceptors (Lipinski definition) is 4. The number of nitrogens with one attached hydrogen (secondary N) is 1. The Hall–Kier alpha value is -2.76. The number of hydrogen-bond donors (Lipinski definition) is 1. The molecule has 3 aromatic rings. The normalized spacial score (nSPS) is 14.9. The van der Waals surface area contributed by atoms with Crippen LogP contribution in [0.2, 0.25) is 0 Å². The third-order valence-corrected chi connectivity index (χ3v) is 4.56. The average Bonchev–Trinajstić information content (AvgIpc) is 3.31. The highest BCUT2D eigenvalue weighted by atomic mass is 19.1. The highest BCUT2D eigenvalue weighted by Gasteiger charge is 2.21. The average molecular weight is 337 g/mol. The fourth-order valence-electron chi connectivity index (χ4n) is 2.99. The Morgan fingerprint density at radius 3 is 2.96 bits per heavy atom. The first-order chi connectivity index (χ1) is 12.2. The Morgan fingerprint density at radius 2 is 2.24 bits per heavy atom. The van der Waals surface area contributed by atoms with Crippen LogP contribution in [0.15, 0.2) is 36.9 Å². The van der Waals surface area contributed by atoms with Gasteiger partial charge in [-0.05, 0) is 44.2 Å². The van der Waals surface area contributed by atoms with Gasteiger partial charge in [-0.1, -0.05) is 6.08 Å². The maximum atomic E-state index is 14.3. The summed E-state index contributed by atoms with van der Waals surface area (Å²) in [5.74, 6) is 1.07. The van der Waals surface area contributed by atoms with Crippen molar-refractivity contribution >= 4 is 17.2 Å². The second-order valence-electron chi connectivity index (χ2n) is 6.45. The summed E-state index contributed by atoms with van der Waals surface area (Å²) in [7, 11) is 0. The van der Waals surface area contributed by atoms with Crippen molar-refractivity contribution in [2.24, 2.45) is 5.92 Å². The number of imidazole rings is 1. The van der Waals surface area contributed by atoms with Crippen LogP contribution in [0.5, 0.6) is 0 Å². The van der Waals surface area contributed by atoms with Crippen molar-refractivity contribution in [2.75, 3.05) is 11.9 Å². The molecule has 1 saturated carbocycles. The van der Waals surface area contributed by atoms with Crippen molar-refractivity contribution in [3.8, 4) is 0 Å². The molecule has 25 heavy (non-hydrogen) atoms. The molecule has 4 rings (SSSR count). The van der Waals surface area contributed by atoms with E-state index in [1.807, 2.05) is 32.3 Å². The molecule has 0 radical (unpaired) electrons. The van der Waals surface area contributed by atoms with E-state index in [1.54, 1.807) is 16.8 Å². The van der Waals surface area contributed by atoms with Crippen molar-refractivity contribution in [1.82, 2.24) is 19.4 Å². The van der Waals surface area contributed by atoms with Gasteiger partial charge in [0.2, 0.25) is 5.95 Å². The number of nitrogens with zero attached hydrogens (tertiary/aromatic N) is 4. The minimum Gasteiger partial charge on any atom is -0.354 e. The molecule has 128 valence electrons. The number of aromatic nitrogens is 4. The first kappa shape index (κ1) is 15.7. The highest BCUT2D eigenvalue weighted by molar-refractivity contribution is 5.80.